The molecule has 3 atom stereocenters. The summed E-state index contributed by atoms with van der Waals surface area (Å²) in [7, 11) is 1.50. The third-order valence-electron chi connectivity index (χ3n) is 16.6. The first kappa shape index (κ1) is 85.2. The van der Waals surface area contributed by atoms with Crippen molar-refractivity contribution in [2.75, 3.05) is 40.9 Å². The van der Waals surface area contributed by atoms with E-state index in [4.69, 9.17) is 13.8 Å². The van der Waals surface area contributed by atoms with Gasteiger partial charge in [0, 0.05) is 12.8 Å². The number of rotatable bonds is 68. The molecule has 0 fully saturated rings. The van der Waals surface area contributed by atoms with Crippen molar-refractivity contribution in [2.45, 2.75) is 360 Å². The Morgan fingerprint density at radius 1 is 0.409 bits per heavy atom. The molecule has 10 heteroatoms. The van der Waals surface area contributed by atoms with E-state index in [1.807, 2.05) is 33.3 Å². The monoisotopic (exact) mass is 1250 g/mol. The maximum absolute atomic E-state index is 13.6. The number of phosphoric acid groups is 1. The molecule has 0 heterocycles. The van der Waals surface area contributed by atoms with Gasteiger partial charge in [0.1, 0.15) is 19.3 Å². The fourth-order valence-electron chi connectivity index (χ4n) is 10.8. The molecule has 512 valence electrons. The van der Waals surface area contributed by atoms with Crippen molar-refractivity contribution in [3.05, 3.63) is 85.1 Å². The average molecular weight is 1250 g/mol. The van der Waals surface area contributed by atoms with Crippen molar-refractivity contribution in [3.8, 4) is 0 Å². The number of hydrogen-bond acceptors (Lipinski definition) is 6. The van der Waals surface area contributed by atoms with Crippen molar-refractivity contribution in [1.29, 1.82) is 0 Å². The molecule has 0 aliphatic carbocycles. The zero-order valence-corrected chi connectivity index (χ0v) is 59.6. The molecule has 0 saturated heterocycles. The molecule has 88 heavy (non-hydrogen) atoms. The molecule has 0 spiro atoms. The van der Waals surface area contributed by atoms with Crippen LogP contribution in [0.4, 0.5) is 0 Å². The molecule has 0 saturated carbocycles. The first-order chi connectivity index (χ1) is 42.9. The lowest BCUT2D eigenvalue weighted by atomic mass is 10.0. The number of quaternary nitrogens is 1. The highest BCUT2D eigenvalue weighted by molar-refractivity contribution is 7.47. The number of phosphoric ester groups is 1. The summed E-state index contributed by atoms with van der Waals surface area (Å²) in [6.45, 7) is 6.93. The molecule has 0 aliphatic heterocycles. The zero-order valence-electron chi connectivity index (χ0n) is 58.7. The number of esters is 1. The van der Waals surface area contributed by atoms with Gasteiger partial charge in [-0.1, -0.05) is 318 Å². The van der Waals surface area contributed by atoms with Crippen LogP contribution < -0.4 is 5.32 Å². The van der Waals surface area contributed by atoms with E-state index in [0.29, 0.717) is 17.4 Å². The second-order valence-corrected chi connectivity index (χ2v) is 27.9. The highest BCUT2D eigenvalue weighted by Gasteiger charge is 2.30. The van der Waals surface area contributed by atoms with E-state index in [1.54, 1.807) is 0 Å². The molecule has 0 aromatic heterocycles. The molecular formula is C78H144N2O7P+. The Balaban J connectivity index is 5.00. The van der Waals surface area contributed by atoms with Crippen LogP contribution in [0.2, 0.25) is 0 Å². The summed E-state index contributed by atoms with van der Waals surface area (Å²) in [5.41, 5.74) is 0. The fourth-order valence-corrected chi connectivity index (χ4v) is 11.6. The van der Waals surface area contributed by atoms with Crippen LogP contribution in [0.3, 0.4) is 0 Å². The summed E-state index contributed by atoms with van der Waals surface area (Å²) in [4.78, 5) is 38.0. The maximum atomic E-state index is 13.6. The minimum absolute atomic E-state index is 0.0385. The Bertz CT molecular complexity index is 1780. The molecule has 0 rings (SSSR count). The number of unbranched alkanes of at least 4 members (excludes halogenated alkanes) is 40. The van der Waals surface area contributed by atoms with E-state index in [9.17, 15) is 19.0 Å². The van der Waals surface area contributed by atoms with Gasteiger partial charge < -0.3 is 19.4 Å². The smallest absolute Gasteiger partial charge is 0.456 e. The minimum Gasteiger partial charge on any atom is -0.456 e. The van der Waals surface area contributed by atoms with Crippen LogP contribution in [0, 0.1) is 0 Å². The number of ether oxygens (including phenoxy) is 1. The lowest BCUT2D eigenvalue weighted by molar-refractivity contribution is -0.870. The number of nitrogens with one attached hydrogen (secondary N) is 1. The maximum Gasteiger partial charge on any atom is 0.472 e. The van der Waals surface area contributed by atoms with Crippen molar-refractivity contribution in [1.82, 2.24) is 5.32 Å². The second kappa shape index (κ2) is 67.1. The Morgan fingerprint density at radius 2 is 0.727 bits per heavy atom. The first-order valence-corrected chi connectivity index (χ1v) is 38.9. The van der Waals surface area contributed by atoms with Gasteiger partial charge in [-0.2, -0.15) is 0 Å². The van der Waals surface area contributed by atoms with Crippen molar-refractivity contribution in [3.63, 3.8) is 0 Å². The van der Waals surface area contributed by atoms with E-state index >= 15 is 0 Å². The molecule has 0 radical (unpaired) electrons. The Hall–Kier alpha value is -2.81. The molecule has 0 aromatic carbocycles. The summed E-state index contributed by atoms with van der Waals surface area (Å²) < 4.78 is 30.9. The predicted octanol–water partition coefficient (Wildman–Crippen LogP) is 24.1. The quantitative estimate of drug-likeness (QED) is 0.0205. The number of likely N-dealkylation sites (N-methyl/N-ethyl adjacent to an activating group) is 1. The van der Waals surface area contributed by atoms with E-state index in [-0.39, 0.29) is 31.5 Å². The van der Waals surface area contributed by atoms with Gasteiger partial charge in [0.25, 0.3) is 0 Å². The van der Waals surface area contributed by atoms with Crippen molar-refractivity contribution in [2.24, 2.45) is 0 Å². The van der Waals surface area contributed by atoms with Gasteiger partial charge in [-0.15, -0.1) is 0 Å². The van der Waals surface area contributed by atoms with Crippen LogP contribution in [0.15, 0.2) is 85.1 Å². The molecular weight excluding hydrogens is 1110 g/mol. The number of carbonyl (C=O) groups excluding carboxylic acids is 2. The van der Waals surface area contributed by atoms with E-state index in [1.165, 1.54) is 225 Å². The van der Waals surface area contributed by atoms with Crippen molar-refractivity contribution < 1.29 is 37.3 Å². The van der Waals surface area contributed by atoms with Crippen LogP contribution in [-0.4, -0.2) is 74.3 Å². The molecule has 0 aliphatic rings. The lowest BCUT2D eigenvalue weighted by Gasteiger charge is -2.27. The molecule has 1 amide bonds. The Morgan fingerprint density at radius 3 is 1.10 bits per heavy atom. The molecule has 0 aromatic rings. The number of amides is 1. The number of nitrogens with zero attached hydrogens (tertiary/aromatic N) is 1. The molecule has 0 bridgehead atoms. The van der Waals surface area contributed by atoms with Gasteiger partial charge in [0.2, 0.25) is 5.91 Å². The lowest BCUT2D eigenvalue weighted by Crippen LogP contribution is -2.47. The normalized spacial score (nSPS) is 13.9. The van der Waals surface area contributed by atoms with E-state index in [0.717, 1.165) is 89.9 Å². The van der Waals surface area contributed by atoms with Crippen LogP contribution in [0.25, 0.3) is 0 Å². The van der Waals surface area contributed by atoms with Crippen LogP contribution in [-0.2, 0) is 27.9 Å². The highest BCUT2D eigenvalue weighted by Crippen LogP contribution is 2.43. The number of hydrogen-bond donors (Lipinski definition) is 2. The molecule has 2 N–H and O–H groups in total. The Kier molecular flexibility index (Phi) is 64.9. The van der Waals surface area contributed by atoms with Gasteiger partial charge in [-0.3, -0.25) is 18.6 Å². The number of allylic oxidation sites excluding steroid dienone is 13. The first-order valence-electron chi connectivity index (χ1n) is 37.4. The van der Waals surface area contributed by atoms with Crippen molar-refractivity contribution >= 4 is 19.7 Å². The minimum atomic E-state index is -4.46. The summed E-state index contributed by atoms with van der Waals surface area (Å²) in [6.07, 6.45) is 90.3. The zero-order chi connectivity index (χ0) is 64.2. The van der Waals surface area contributed by atoms with Crippen LogP contribution in [0.1, 0.15) is 348 Å². The molecule has 9 nitrogen and oxygen atoms in total. The number of carbonyl (C=O) groups is 2. The van der Waals surface area contributed by atoms with Gasteiger partial charge in [0.05, 0.1) is 33.8 Å². The second-order valence-electron chi connectivity index (χ2n) is 26.4. The molecule has 3 unspecified atom stereocenters. The van der Waals surface area contributed by atoms with Gasteiger partial charge in [0.15, 0.2) is 0 Å². The Labute approximate surface area is 546 Å². The average Bonchev–Trinajstić information content (AvgIpc) is 3.61. The summed E-state index contributed by atoms with van der Waals surface area (Å²) in [5.74, 6) is -0.498. The van der Waals surface area contributed by atoms with E-state index in [2.05, 4.69) is 99.0 Å². The largest absolute Gasteiger partial charge is 0.472 e. The summed E-state index contributed by atoms with van der Waals surface area (Å²) >= 11 is 0. The topological polar surface area (TPSA) is 111 Å². The van der Waals surface area contributed by atoms with Gasteiger partial charge >= 0.3 is 13.8 Å². The third kappa shape index (κ3) is 67.6. The summed E-state index contributed by atoms with van der Waals surface area (Å²) in [5, 5.41) is 3.08. The highest BCUT2D eigenvalue weighted by atomic mass is 31.2. The predicted molar refractivity (Wildman–Crippen MR) is 383 cm³/mol. The fraction of sp³-hybridized carbons (Fsp3) is 0.795. The summed E-state index contributed by atoms with van der Waals surface area (Å²) in [6, 6.07) is -0.853. The SMILES string of the molecule is CC/C=C\C/C=C\C/C=C\C/C=C\C/C=C\CCCCCCCCCCCCCC(=O)OC(/C=C/CCCCCCCCCCCC)C(COP(=O)(O)OCC[N+](C)(C)C)NC(=O)CCCCCCCCCCCCCCC/C=C/CCCCCCCC. The van der Waals surface area contributed by atoms with Gasteiger partial charge in [-0.25, -0.2) is 4.57 Å². The van der Waals surface area contributed by atoms with Gasteiger partial charge in [-0.05, 0) is 102 Å². The third-order valence-corrected chi connectivity index (χ3v) is 17.6. The standard InChI is InChI=1S/C78H143N2O7P/c1-7-10-13-16-19-22-25-28-30-32-34-36-38-39-40-41-43-45-47-49-51-53-56-59-62-65-68-71-78(82)87-76(69-66-63-60-57-54-27-24-21-18-15-12-9-3)75(74-86-88(83,84)85-73-72-80(4,5)6)79-77(81)70-67-64-61-58-55-52-50-48-46-44-42-37-35-33-31-29-26-23-20-17-14-11-8-2/h10,13,19,22,28-31,34,36,39-40,66,69,75-76H,7-9,11-12,14-18,20-21,23-27,32-33,35,37-38,41-65,67-68,70-74H2,1-6H3,(H-,79,81,83,84)/p+1/b13-10-,22-19-,30-28-,31-29+,36-34-,40-39-,69-66+. The van der Waals surface area contributed by atoms with E-state index < -0.39 is 20.0 Å². The van der Waals surface area contributed by atoms with Crippen LogP contribution >= 0.6 is 7.82 Å². The van der Waals surface area contributed by atoms with Crippen LogP contribution in [0.5, 0.6) is 0 Å².